The standard InChI is InChI=1S/C21H25F2N3O/c1-15-3-5-16(6-4-15)20(26-11-9-25(2)10-12-26)14-24-21(27)17-7-8-18(22)19(23)13-17/h3-8,13,20H,9-12,14H2,1-2H3,(H,24,27)/t20-/m0/s1. The van der Waals surface area contributed by atoms with Crippen LogP contribution in [0.3, 0.4) is 0 Å². The molecule has 1 atom stereocenters. The molecule has 144 valence electrons. The molecule has 1 heterocycles. The summed E-state index contributed by atoms with van der Waals surface area (Å²) in [4.78, 5) is 17.0. The van der Waals surface area contributed by atoms with Gasteiger partial charge < -0.3 is 10.2 Å². The van der Waals surface area contributed by atoms with Gasteiger partial charge in [-0.05, 0) is 37.7 Å². The van der Waals surface area contributed by atoms with E-state index in [-0.39, 0.29) is 11.6 Å². The molecule has 27 heavy (non-hydrogen) atoms. The van der Waals surface area contributed by atoms with Crippen LogP contribution in [0.1, 0.15) is 27.5 Å². The number of aryl methyl sites for hydroxylation is 1. The van der Waals surface area contributed by atoms with Crippen molar-refractivity contribution in [3.05, 3.63) is 70.8 Å². The van der Waals surface area contributed by atoms with Crippen molar-refractivity contribution in [1.82, 2.24) is 15.1 Å². The monoisotopic (exact) mass is 373 g/mol. The fourth-order valence-corrected chi connectivity index (χ4v) is 3.31. The van der Waals surface area contributed by atoms with Crippen LogP contribution in [0.5, 0.6) is 0 Å². The van der Waals surface area contributed by atoms with Gasteiger partial charge in [0.05, 0.1) is 6.04 Å². The van der Waals surface area contributed by atoms with Crippen molar-refractivity contribution < 1.29 is 13.6 Å². The molecule has 0 spiro atoms. The summed E-state index contributed by atoms with van der Waals surface area (Å²) in [5.41, 5.74) is 2.44. The Kier molecular flexibility index (Phi) is 6.19. The molecular formula is C21H25F2N3O. The molecule has 0 aliphatic carbocycles. The summed E-state index contributed by atoms with van der Waals surface area (Å²) in [6.07, 6.45) is 0. The summed E-state index contributed by atoms with van der Waals surface area (Å²) >= 11 is 0. The summed E-state index contributed by atoms with van der Waals surface area (Å²) in [5, 5.41) is 2.88. The average Bonchev–Trinajstić information content (AvgIpc) is 2.66. The molecule has 1 aliphatic rings. The first-order valence-electron chi connectivity index (χ1n) is 9.16. The topological polar surface area (TPSA) is 35.6 Å². The van der Waals surface area contributed by atoms with E-state index in [1.807, 2.05) is 6.92 Å². The van der Waals surface area contributed by atoms with E-state index in [2.05, 4.69) is 46.4 Å². The van der Waals surface area contributed by atoms with Gasteiger partial charge >= 0.3 is 0 Å². The molecular weight excluding hydrogens is 348 g/mol. The highest BCUT2D eigenvalue weighted by Crippen LogP contribution is 2.22. The van der Waals surface area contributed by atoms with E-state index in [0.29, 0.717) is 6.54 Å². The molecule has 1 amide bonds. The zero-order valence-electron chi connectivity index (χ0n) is 15.7. The Morgan fingerprint density at radius 1 is 1.04 bits per heavy atom. The average molecular weight is 373 g/mol. The Hall–Kier alpha value is -2.31. The van der Waals surface area contributed by atoms with Gasteiger partial charge in [-0.1, -0.05) is 29.8 Å². The highest BCUT2D eigenvalue weighted by atomic mass is 19.2. The van der Waals surface area contributed by atoms with Crippen molar-refractivity contribution in [2.24, 2.45) is 0 Å². The summed E-state index contributed by atoms with van der Waals surface area (Å²) in [5.74, 6) is -2.38. The molecule has 6 heteroatoms. The predicted octanol–water partition coefficient (Wildman–Crippen LogP) is 2.99. The van der Waals surface area contributed by atoms with E-state index < -0.39 is 17.5 Å². The number of halogens is 2. The number of rotatable bonds is 5. The van der Waals surface area contributed by atoms with E-state index in [4.69, 9.17) is 0 Å². The Labute approximate surface area is 158 Å². The molecule has 1 aliphatic heterocycles. The first-order valence-corrected chi connectivity index (χ1v) is 9.16. The van der Waals surface area contributed by atoms with Gasteiger partial charge in [-0.2, -0.15) is 0 Å². The molecule has 0 bridgehead atoms. The minimum atomic E-state index is -1.02. The van der Waals surface area contributed by atoms with Crippen molar-refractivity contribution in [2.45, 2.75) is 13.0 Å². The predicted molar refractivity (Wildman–Crippen MR) is 102 cm³/mol. The van der Waals surface area contributed by atoms with Crippen molar-refractivity contribution in [3.63, 3.8) is 0 Å². The molecule has 1 N–H and O–H groups in total. The number of benzene rings is 2. The lowest BCUT2D eigenvalue weighted by Gasteiger charge is -2.38. The molecule has 2 aromatic carbocycles. The molecule has 4 nitrogen and oxygen atoms in total. The number of carbonyl (C=O) groups excluding carboxylic acids is 1. The summed E-state index contributed by atoms with van der Waals surface area (Å²) in [6, 6.07) is 11.5. The number of likely N-dealkylation sites (N-methyl/N-ethyl adjacent to an activating group) is 1. The third-order valence-corrected chi connectivity index (χ3v) is 5.08. The molecule has 0 aromatic heterocycles. The number of carbonyl (C=O) groups is 1. The van der Waals surface area contributed by atoms with Crippen molar-refractivity contribution in [2.75, 3.05) is 39.8 Å². The van der Waals surface area contributed by atoms with Crippen LogP contribution in [0.4, 0.5) is 8.78 Å². The number of hydrogen-bond acceptors (Lipinski definition) is 3. The summed E-state index contributed by atoms with van der Waals surface area (Å²) in [7, 11) is 2.10. The molecule has 0 saturated carbocycles. The summed E-state index contributed by atoms with van der Waals surface area (Å²) < 4.78 is 26.5. The number of piperazine rings is 1. The maximum atomic E-state index is 13.4. The zero-order chi connectivity index (χ0) is 19.4. The minimum absolute atomic E-state index is 0.0357. The highest BCUT2D eigenvalue weighted by molar-refractivity contribution is 5.94. The van der Waals surface area contributed by atoms with Crippen LogP contribution in [-0.2, 0) is 0 Å². The van der Waals surface area contributed by atoms with Crippen molar-refractivity contribution in [3.8, 4) is 0 Å². The second kappa shape index (κ2) is 8.59. The summed E-state index contributed by atoms with van der Waals surface area (Å²) in [6.45, 7) is 6.22. The minimum Gasteiger partial charge on any atom is -0.350 e. The Bertz CT molecular complexity index is 787. The maximum Gasteiger partial charge on any atom is 0.251 e. The number of amides is 1. The third kappa shape index (κ3) is 4.90. The number of nitrogens with zero attached hydrogens (tertiary/aromatic N) is 2. The smallest absolute Gasteiger partial charge is 0.251 e. The number of hydrogen-bond donors (Lipinski definition) is 1. The molecule has 1 fully saturated rings. The SMILES string of the molecule is Cc1ccc([C@H](CNC(=O)c2ccc(F)c(F)c2)N2CCN(C)CC2)cc1. The van der Waals surface area contributed by atoms with Gasteiger partial charge in [0.2, 0.25) is 0 Å². The first kappa shape index (κ1) is 19.5. The lowest BCUT2D eigenvalue weighted by Crippen LogP contribution is -2.48. The van der Waals surface area contributed by atoms with Gasteiger partial charge in [0.25, 0.3) is 5.91 Å². The molecule has 1 saturated heterocycles. The van der Waals surface area contributed by atoms with Gasteiger partial charge in [0.1, 0.15) is 0 Å². The molecule has 3 rings (SSSR count). The van der Waals surface area contributed by atoms with Gasteiger partial charge in [-0.15, -0.1) is 0 Å². The van der Waals surface area contributed by atoms with Crippen LogP contribution in [0, 0.1) is 18.6 Å². The largest absolute Gasteiger partial charge is 0.350 e. The van der Waals surface area contributed by atoms with Crippen LogP contribution in [0.2, 0.25) is 0 Å². The second-order valence-electron chi connectivity index (χ2n) is 7.10. The van der Waals surface area contributed by atoms with Gasteiger partial charge in [-0.3, -0.25) is 9.69 Å². The maximum absolute atomic E-state index is 13.4. The fourth-order valence-electron chi connectivity index (χ4n) is 3.31. The van der Waals surface area contributed by atoms with E-state index in [1.54, 1.807) is 0 Å². The second-order valence-corrected chi connectivity index (χ2v) is 7.10. The molecule has 2 aromatic rings. The Balaban J connectivity index is 1.73. The van der Waals surface area contributed by atoms with Gasteiger partial charge in [-0.25, -0.2) is 8.78 Å². The van der Waals surface area contributed by atoms with Crippen molar-refractivity contribution in [1.29, 1.82) is 0 Å². The van der Waals surface area contributed by atoms with E-state index in [1.165, 1.54) is 11.6 Å². The van der Waals surface area contributed by atoms with Crippen LogP contribution in [0.25, 0.3) is 0 Å². The van der Waals surface area contributed by atoms with E-state index in [0.717, 1.165) is 43.9 Å². The molecule has 0 unspecified atom stereocenters. The van der Waals surface area contributed by atoms with E-state index in [9.17, 15) is 13.6 Å². The lowest BCUT2D eigenvalue weighted by molar-refractivity contribution is 0.0885. The molecule has 0 radical (unpaired) electrons. The van der Waals surface area contributed by atoms with Crippen LogP contribution in [-0.4, -0.2) is 55.5 Å². The van der Waals surface area contributed by atoms with Gasteiger partial charge in [0, 0.05) is 38.3 Å². The first-order chi connectivity index (χ1) is 12.9. The Morgan fingerprint density at radius 2 is 1.70 bits per heavy atom. The zero-order valence-corrected chi connectivity index (χ0v) is 15.7. The Morgan fingerprint density at radius 3 is 2.33 bits per heavy atom. The van der Waals surface area contributed by atoms with Crippen LogP contribution < -0.4 is 5.32 Å². The lowest BCUT2D eigenvalue weighted by atomic mass is 10.0. The van der Waals surface area contributed by atoms with Crippen LogP contribution >= 0.6 is 0 Å². The van der Waals surface area contributed by atoms with Crippen LogP contribution in [0.15, 0.2) is 42.5 Å². The van der Waals surface area contributed by atoms with E-state index >= 15 is 0 Å². The quantitative estimate of drug-likeness (QED) is 0.875. The third-order valence-electron chi connectivity index (χ3n) is 5.08. The fraction of sp³-hybridized carbons (Fsp3) is 0.381. The number of nitrogens with one attached hydrogen (secondary N) is 1. The van der Waals surface area contributed by atoms with Crippen molar-refractivity contribution >= 4 is 5.91 Å². The normalized spacial score (nSPS) is 16.9. The highest BCUT2D eigenvalue weighted by Gasteiger charge is 2.24. The van der Waals surface area contributed by atoms with Gasteiger partial charge in [0.15, 0.2) is 11.6 Å².